The molecule has 1 N–H and O–H groups in total. The Bertz CT molecular complexity index is 541. The first-order valence-corrected chi connectivity index (χ1v) is 5.82. The molecule has 1 aromatic heterocycles. The Labute approximate surface area is 105 Å². The number of hydrogen-bond acceptors (Lipinski definition) is 2. The van der Waals surface area contributed by atoms with E-state index in [-0.39, 0.29) is 5.82 Å². The maximum absolute atomic E-state index is 13.4. The van der Waals surface area contributed by atoms with E-state index in [9.17, 15) is 8.78 Å². The summed E-state index contributed by atoms with van der Waals surface area (Å²) in [6.07, 6.45) is 1.91. The molecule has 0 bridgehead atoms. The van der Waals surface area contributed by atoms with Gasteiger partial charge in [0.1, 0.15) is 5.82 Å². The summed E-state index contributed by atoms with van der Waals surface area (Å²) in [4.78, 5) is 3.69. The van der Waals surface area contributed by atoms with Gasteiger partial charge in [-0.3, -0.25) is 0 Å². The third-order valence-electron chi connectivity index (χ3n) is 2.75. The van der Waals surface area contributed by atoms with E-state index < -0.39 is 11.6 Å². The number of anilines is 1. The molecule has 0 amide bonds. The molecule has 1 aromatic carbocycles. The van der Waals surface area contributed by atoms with Crippen LogP contribution in [0.3, 0.4) is 0 Å². The van der Waals surface area contributed by atoms with Gasteiger partial charge in [-0.2, -0.15) is 0 Å². The summed E-state index contributed by atoms with van der Waals surface area (Å²) in [5.74, 6) is -1.28. The number of nitrogens with zero attached hydrogens (tertiary/aromatic N) is 1. The zero-order chi connectivity index (χ0) is 13.0. The molecule has 2 rings (SSSR count). The molecule has 0 aliphatic rings. The van der Waals surface area contributed by atoms with Crippen LogP contribution in [0.5, 0.6) is 0 Å². The predicted molar refractivity (Wildman–Crippen MR) is 67.3 cm³/mol. The van der Waals surface area contributed by atoms with E-state index in [0.29, 0.717) is 6.54 Å². The Morgan fingerprint density at radius 3 is 2.56 bits per heavy atom. The fourth-order valence-electron chi connectivity index (χ4n) is 1.80. The van der Waals surface area contributed by atoms with Crippen LogP contribution >= 0.6 is 0 Å². The second-order valence-corrected chi connectivity index (χ2v) is 3.96. The summed E-state index contributed by atoms with van der Waals surface area (Å²) in [6.45, 7) is 2.54. The van der Waals surface area contributed by atoms with Crippen molar-refractivity contribution in [2.24, 2.45) is 0 Å². The minimum Gasteiger partial charge on any atom is -0.364 e. The fraction of sp³-hybridized carbons (Fsp3) is 0.214. The lowest BCUT2D eigenvalue weighted by Crippen LogP contribution is -2.06. The Hall–Kier alpha value is -1.97. The van der Waals surface area contributed by atoms with Gasteiger partial charge in [0.05, 0.1) is 6.20 Å². The minimum absolute atomic E-state index is 0.0716. The summed E-state index contributed by atoms with van der Waals surface area (Å²) < 4.78 is 26.1. The zero-order valence-electron chi connectivity index (χ0n) is 10.1. The molecular formula is C14H14F2N2. The van der Waals surface area contributed by atoms with Gasteiger partial charge in [0.15, 0.2) is 11.6 Å². The van der Waals surface area contributed by atoms with Gasteiger partial charge < -0.3 is 5.32 Å². The molecule has 2 nitrogen and oxygen atoms in total. The summed E-state index contributed by atoms with van der Waals surface area (Å²) in [5, 5.41) is 2.88. The second kappa shape index (κ2) is 5.58. The molecule has 0 spiro atoms. The van der Waals surface area contributed by atoms with Crippen molar-refractivity contribution < 1.29 is 8.78 Å². The minimum atomic E-state index is -0.677. The van der Waals surface area contributed by atoms with Gasteiger partial charge in [-0.05, 0) is 17.5 Å². The molecule has 0 fully saturated rings. The number of rotatable bonds is 4. The molecule has 0 aliphatic carbocycles. The molecule has 0 saturated carbocycles. The Kier molecular flexibility index (Phi) is 3.87. The highest BCUT2D eigenvalue weighted by Gasteiger charge is 2.06. The highest BCUT2D eigenvalue weighted by molar-refractivity contribution is 5.38. The van der Waals surface area contributed by atoms with Crippen LogP contribution < -0.4 is 5.32 Å². The smallest absolute Gasteiger partial charge is 0.168 e. The SMILES string of the molecule is CCc1ccccc1CNc1ncc(F)cc1F. The van der Waals surface area contributed by atoms with Gasteiger partial charge in [0, 0.05) is 12.6 Å². The Morgan fingerprint density at radius 2 is 1.89 bits per heavy atom. The molecular weight excluding hydrogens is 234 g/mol. The van der Waals surface area contributed by atoms with Gasteiger partial charge in [-0.1, -0.05) is 31.2 Å². The van der Waals surface area contributed by atoms with Crippen LogP contribution in [0.15, 0.2) is 36.5 Å². The molecule has 4 heteroatoms. The first-order chi connectivity index (χ1) is 8.70. The van der Waals surface area contributed by atoms with Gasteiger partial charge in [-0.25, -0.2) is 13.8 Å². The number of aryl methyl sites for hydroxylation is 1. The first kappa shape index (κ1) is 12.5. The quantitative estimate of drug-likeness (QED) is 0.895. The van der Waals surface area contributed by atoms with Crippen molar-refractivity contribution in [3.8, 4) is 0 Å². The maximum atomic E-state index is 13.4. The van der Waals surface area contributed by atoms with Crippen molar-refractivity contribution >= 4 is 5.82 Å². The van der Waals surface area contributed by atoms with E-state index in [4.69, 9.17) is 0 Å². The summed E-state index contributed by atoms with van der Waals surface area (Å²) in [5.41, 5.74) is 2.29. The summed E-state index contributed by atoms with van der Waals surface area (Å²) in [7, 11) is 0. The number of halogens is 2. The lowest BCUT2D eigenvalue weighted by Gasteiger charge is -2.10. The zero-order valence-corrected chi connectivity index (χ0v) is 10.1. The van der Waals surface area contributed by atoms with Crippen LogP contribution in [0.2, 0.25) is 0 Å². The van der Waals surface area contributed by atoms with Crippen LogP contribution in [0.4, 0.5) is 14.6 Å². The van der Waals surface area contributed by atoms with Crippen molar-refractivity contribution in [1.29, 1.82) is 0 Å². The molecule has 0 radical (unpaired) electrons. The third-order valence-corrected chi connectivity index (χ3v) is 2.75. The molecule has 2 aromatic rings. The summed E-state index contributed by atoms with van der Waals surface area (Å²) >= 11 is 0. The average Bonchev–Trinajstić information content (AvgIpc) is 2.38. The van der Waals surface area contributed by atoms with Gasteiger partial charge >= 0.3 is 0 Å². The maximum Gasteiger partial charge on any atom is 0.168 e. The standard InChI is InChI=1S/C14H14F2N2/c1-2-10-5-3-4-6-11(10)8-17-14-13(16)7-12(15)9-18-14/h3-7,9H,2,8H2,1H3,(H,17,18). The van der Waals surface area contributed by atoms with Crippen LogP contribution in [-0.2, 0) is 13.0 Å². The molecule has 1 heterocycles. The van der Waals surface area contributed by atoms with Crippen LogP contribution in [0, 0.1) is 11.6 Å². The largest absolute Gasteiger partial charge is 0.364 e. The van der Waals surface area contributed by atoms with Crippen molar-refractivity contribution in [2.75, 3.05) is 5.32 Å². The number of aromatic nitrogens is 1. The Balaban J connectivity index is 2.11. The number of benzene rings is 1. The van der Waals surface area contributed by atoms with E-state index in [1.807, 2.05) is 24.3 Å². The molecule has 0 atom stereocenters. The van der Waals surface area contributed by atoms with Crippen molar-refractivity contribution in [1.82, 2.24) is 4.98 Å². The fourth-order valence-corrected chi connectivity index (χ4v) is 1.80. The van der Waals surface area contributed by atoms with Gasteiger partial charge in [-0.15, -0.1) is 0 Å². The van der Waals surface area contributed by atoms with E-state index in [1.54, 1.807) is 0 Å². The first-order valence-electron chi connectivity index (χ1n) is 5.82. The van der Waals surface area contributed by atoms with Crippen molar-refractivity contribution in [2.45, 2.75) is 19.9 Å². The number of nitrogens with one attached hydrogen (secondary N) is 1. The average molecular weight is 248 g/mol. The third kappa shape index (κ3) is 2.83. The van der Waals surface area contributed by atoms with Gasteiger partial charge in [0.25, 0.3) is 0 Å². The van der Waals surface area contributed by atoms with Crippen LogP contribution in [0.1, 0.15) is 18.1 Å². The summed E-state index contributed by atoms with van der Waals surface area (Å²) in [6, 6.07) is 8.74. The second-order valence-electron chi connectivity index (χ2n) is 3.96. The molecule has 0 unspecified atom stereocenters. The van der Waals surface area contributed by atoms with Crippen LogP contribution in [-0.4, -0.2) is 4.98 Å². The van der Waals surface area contributed by atoms with E-state index in [0.717, 1.165) is 24.2 Å². The number of pyridine rings is 1. The molecule has 0 aliphatic heterocycles. The van der Waals surface area contributed by atoms with E-state index in [2.05, 4.69) is 17.2 Å². The normalized spacial score (nSPS) is 10.4. The molecule has 18 heavy (non-hydrogen) atoms. The van der Waals surface area contributed by atoms with Crippen LogP contribution in [0.25, 0.3) is 0 Å². The lowest BCUT2D eigenvalue weighted by atomic mass is 10.1. The van der Waals surface area contributed by atoms with Crippen molar-refractivity contribution in [3.05, 3.63) is 59.3 Å². The van der Waals surface area contributed by atoms with E-state index >= 15 is 0 Å². The highest BCUT2D eigenvalue weighted by Crippen LogP contribution is 2.15. The Morgan fingerprint density at radius 1 is 1.17 bits per heavy atom. The van der Waals surface area contributed by atoms with Crippen molar-refractivity contribution in [3.63, 3.8) is 0 Å². The molecule has 94 valence electrons. The van der Waals surface area contributed by atoms with Gasteiger partial charge in [0.2, 0.25) is 0 Å². The van der Waals surface area contributed by atoms with E-state index in [1.165, 1.54) is 5.56 Å². The number of hydrogen-bond donors (Lipinski definition) is 1. The highest BCUT2D eigenvalue weighted by atomic mass is 19.1. The molecule has 0 saturated heterocycles. The predicted octanol–water partition coefficient (Wildman–Crippen LogP) is 3.53. The topological polar surface area (TPSA) is 24.9 Å². The monoisotopic (exact) mass is 248 g/mol. The lowest BCUT2D eigenvalue weighted by molar-refractivity contribution is 0.575.